The van der Waals surface area contributed by atoms with Crippen molar-refractivity contribution in [2.45, 2.75) is 24.9 Å². The maximum atomic E-state index is 12.7. The van der Waals surface area contributed by atoms with Gasteiger partial charge in [0.2, 0.25) is 0 Å². The van der Waals surface area contributed by atoms with Crippen LogP contribution in [0.5, 0.6) is 0 Å². The lowest BCUT2D eigenvalue weighted by molar-refractivity contribution is -0.137. The summed E-state index contributed by atoms with van der Waals surface area (Å²) in [6, 6.07) is 5.18. The molecule has 108 valence electrons. The average molecular weight is 285 g/mol. The van der Waals surface area contributed by atoms with E-state index in [0.29, 0.717) is 17.8 Å². The molecule has 5 nitrogen and oxygen atoms in total. The van der Waals surface area contributed by atoms with Crippen molar-refractivity contribution in [2.24, 2.45) is 5.73 Å². The summed E-state index contributed by atoms with van der Waals surface area (Å²) in [5.41, 5.74) is 4.94. The van der Waals surface area contributed by atoms with Crippen molar-refractivity contribution in [2.75, 3.05) is 6.54 Å². The molecule has 1 unspecified atom stereocenters. The number of hydrogen-bond acceptors (Lipinski definition) is 4. The Morgan fingerprint density at radius 1 is 1.30 bits per heavy atom. The molecule has 0 saturated carbocycles. The van der Waals surface area contributed by atoms with Crippen molar-refractivity contribution in [3.05, 3.63) is 41.2 Å². The molecule has 1 aromatic carbocycles. The number of alkyl halides is 3. The Bertz CT molecular complexity index is 567. The molecule has 0 amide bonds. The summed E-state index contributed by atoms with van der Waals surface area (Å²) in [6.45, 7) is 2.01. The highest BCUT2D eigenvalue weighted by molar-refractivity contribution is 5.28. The van der Waals surface area contributed by atoms with Crippen LogP contribution in [0.15, 0.2) is 24.3 Å². The van der Waals surface area contributed by atoms with Crippen molar-refractivity contribution < 1.29 is 13.2 Å². The molecule has 8 heteroatoms. The highest BCUT2D eigenvalue weighted by Gasteiger charge is 2.33. The van der Waals surface area contributed by atoms with Crippen LogP contribution in [0.3, 0.4) is 0 Å². The molecule has 0 aliphatic rings. The minimum Gasteiger partial charge on any atom is -0.329 e. The van der Waals surface area contributed by atoms with E-state index < -0.39 is 17.2 Å². The van der Waals surface area contributed by atoms with Gasteiger partial charge in [0.1, 0.15) is 0 Å². The summed E-state index contributed by atoms with van der Waals surface area (Å²) in [7, 11) is 0. The van der Waals surface area contributed by atoms with Crippen molar-refractivity contribution in [3.8, 4) is 0 Å². The standard InChI is InChI=1S/C12H14F3N5/c1-11(7-16,10-17-19-20-18-10)6-8-3-2-4-9(5-8)12(13,14)15/h2-5H,6-7,16H2,1H3,(H,17,18,19,20). The van der Waals surface area contributed by atoms with Gasteiger partial charge in [0.15, 0.2) is 5.82 Å². The van der Waals surface area contributed by atoms with Crippen LogP contribution in [0, 0.1) is 0 Å². The third kappa shape index (κ3) is 2.96. The monoisotopic (exact) mass is 285 g/mol. The number of halogens is 3. The van der Waals surface area contributed by atoms with Gasteiger partial charge in [-0.15, -0.1) is 5.10 Å². The molecule has 0 aliphatic heterocycles. The van der Waals surface area contributed by atoms with E-state index in [4.69, 9.17) is 5.73 Å². The second-order valence-corrected chi connectivity index (χ2v) is 4.89. The molecule has 1 heterocycles. The molecule has 0 bridgehead atoms. The summed E-state index contributed by atoms with van der Waals surface area (Å²) in [5.74, 6) is 0.456. The molecular weight excluding hydrogens is 271 g/mol. The number of hydrogen-bond donors (Lipinski definition) is 2. The Labute approximate surface area is 113 Å². The molecule has 20 heavy (non-hydrogen) atoms. The first-order valence-electron chi connectivity index (χ1n) is 5.95. The summed E-state index contributed by atoms with van der Waals surface area (Å²) in [4.78, 5) is 0. The molecule has 1 aromatic heterocycles. The van der Waals surface area contributed by atoms with Crippen LogP contribution in [0.1, 0.15) is 23.9 Å². The quantitative estimate of drug-likeness (QED) is 0.895. The van der Waals surface area contributed by atoms with Crippen LogP contribution >= 0.6 is 0 Å². The molecule has 3 N–H and O–H groups in total. The smallest absolute Gasteiger partial charge is 0.329 e. The summed E-state index contributed by atoms with van der Waals surface area (Å²) < 4.78 is 38.1. The molecular formula is C12H14F3N5. The first-order valence-corrected chi connectivity index (χ1v) is 5.95. The fourth-order valence-corrected chi connectivity index (χ4v) is 1.98. The number of aromatic nitrogens is 4. The molecule has 2 aromatic rings. The number of H-pyrrole nitrogens is 1. The third-order valence-electron chi connectivity index (χ3n) is 3.22. The van der Waals surface area contributed by atoms with Gasteiger partial charge in [-0.2, -0.15) is 13.2 Å². The number of aromatic amines is 1. The van der Waals surface area contributed by atoms with Gasteiger partial charge in [-0.25, -0.2) is 5.10 Å². The molecule has 2 rings (SSSR count). The fraction of sp³-hybridized carbons (Fsp3) is 0.417. The van der Waals surface area contributed by atoms with Crippen LogP contribution in [0.4, 0.5) is 13.2 Å². The minimum atomic E-state index is -4.36. The zero-order chi connectivity index (χ0) is 14.8. The summed E-state index contributed by atoms with van der Waals surface area (Å²) in [5, 5.41) is 13.4. The SMILES string of the molecule is CC(CN)(Cc1cccc(C(F)(F)F)c1)c1nnn[nH]1. The molecule has 0 fully saturated rings. The van der Waals surface area contributed by atoms with E-state index in [0.717, 1.165) is 12.1 Å². The first-order chi connectivity index (χ1) is 9.35. The van der Waals surface area contributed by atoms with E-state index in [1.165, 1.54) is 6.07 Å². The number of nitrogens with zero attached hydrogens (tertiary/aromatic N) is 3. The van der Waals surface area contributed by atoms with Crippen LogP contribution in [0.2, 0.25) is 0 Å². The molecule has 0 aliphatic carbocycles. The van der Waals surface area contributed by atoms with Crippen LogP contribution < -0.4 is 5.73 Å². The van der Waals surface area contributed by atoms with E-state index in [-0.39, 0.29) is 6.54 Å². The molecule has 0 spiro atoms. The predicted octanol–water partition coefficient (Wildman–Crippen LogP) is 1.68. The zero-order valence-corrected chi connectivity index (χ0v) is 10.8. The maximum Gasteiger partial charge on any atom is 0.416 e. The second kappa shape index (κ2) is 5.20. The molecule has 0 radical (unpaired) electrons. The lowest BCUT2D eigenvalue weighted by Crippen LogP contribution is -2.35. The van der Waals surface area contributed by atoms with Gasteiger partial charge in [0, 0.05) is 12.0 Å². The summed E-state index contributed by atoms with van der Waals surface area (Å²) in [6.07, 6.45) is -4.05. The zero-order valence-electron chi connectivity index (χ0n) is 10.8. The minimum absolute atomic E-state index is 0.208. The van der Waals surface area contributed by atoms with Crippen molar-refractivity contribution in [3.63, 3.8) is 0 Å². The lowest BCUT2D eigenvalue weighted by atomic mass is 9.82. The molecule has 1 atom stereocenters. The number of nitrogens with two attached hydrogens (primary N) is 1. The first kappa shape index (κ1) is 14.4. The normalized spacial score (nSPS) is 15.1. The molecule has 0 saturated heterocycles. The van der Waals surface area contributed by atoms with E-state index in [1.807, 2.05) is 0 Å². The summed E-state index contributed by atoms with van der Waals surface area (Å²) >= 11 is 0. The Balaban J connectivity index is 2.29. The van der Waals surface area contributed by atoms with Gasteiger partial charge in [0.05, 0.1) is 5.56 Å². The van der Waals surface area contributed by atoms with Crippen LogP contribution in [-0.2, 0) is 18.0 Å². The van der Waals surface area contributed by atoms with Gasteiger partial charge < -0.3 is 5.73 Å². The second-order valence-electron chi connectivity index (χ2n) is 4.89. The lowest BCUT2D eigenvalue weighted by Gasteiger charge is -2.25. The Hall–Kier alpha value is -1.96. The van der Waals surface area contributed by atoms with Crippen LogP contribution in [0.25, 0.3) is 0 Å². The van der Waals surface area contributed by atoms with E-state index in [2.05, 4.69) is 20.6 Å². The third-order valence-corrected chi connectivity index (χ3v) is 3.22. The predicted molar refractivity (Wildman–Crippen MR) is 65.7 cm³/mol. The Morgan fingerprint density at radius 3 is 2.60 bits per heavy atom. The largest absolute Gasteiger partial charge is 0.416 e. The van der Waals surface area contributed by atoms with Crippen molar-refractivity contribution in [1.29, 1.82) is 0 Å². The maximum absolute atomic E-state index is 12.7. The van der Waals surface area contributed by atoms with Crippen LogP contribution in [-0.4, -0.2) is 27.2 Å². The van der Waals surface area contributed by atoms with Crippen molar-refractivity contribution in [1.82, 2.24) is 20.6 Å². The highest BCUT2D eigenvalue weighted by atomic mass is 19.4. The van der Waals surface area contributed by atoms with Gasteiger partial charge in [-0.1, -0.05) is 25.1 Å². The topological polar surface area (TPSA) is 80.5 Å². The fourth-order valence-electron chi connectivity index (χ4n) is 1.98. The number of rotatable bonds is 4. The van der Waals surface area contributed by atoms with E-state index >= 15 is 0 Å². The average Bonchev–Trinajstić information content (AvgIpc) is 2.92. The Morgan fingerprint density at radius 2 is 2.05 bits per heavy atom. The van der Waals surface area contributed by atoms with Gasteiger partial charge in [0.25, 0.3) is 0 Å². The number of benzene rings is 1. The van der Waals surface area contributed by atoms with Gasteiger partial charge >= 0.3 is 6.18 Å². The number of nitrogens with one attached hydrogen (secondary N) is 1. The highest BCUT2D eigenvalue weighted by Crippen LogP contribution is 2.31. The number of tetrazole rings is 1. The Kier molecular flexibility index (Phi) is 3.76. The van der Waals surface area contributed by atoms with E-state index in [1.54, 1.807) is 13.0 Å². The van der Waals surface area contributed by atoms with Gasteiger partial charge in [-0.3, -0.25) is 0 Å². The van der Waals surface area contributed by atoms with Gasteiger partial charge in [-0.05, 0) is 28.5 Å². The van der Waals surface area contributed by atoms with E-state index in [9.17, 15) is 13.2 Å². The van der Waals surface area contributed by atoms with Crippen molar-refractivity contribution >= 4 is 0 Å².